The molecular formula is C44H52F2N8O11. The largest absolute Gasteiger partial charge is 0.481 e. The minimum Gasteiger partial charge on any atom is -0.481 e. The number of nitrogens with one attached hydrogen (secondary N) is 5. The molecule has 0 bridgehead atoms. The van der Waals surface area contributed by atoms with Gasteiger partial charge in [0.05, 0.1) is 12.5 Å². The normalized spacial score (nSPS) is 14.3. The number of carboxylic acid groups (broad SMARTS) is 2. The minimum absolute atomic E-state index is 0.0101. The van der Waals surface area contributed by atoms with Crippen LogP contribution in [0.5, 0.6) is 0 Å². The molecule has 0 radical (unpaired) electrons. The molecule has 7 amide bonds. The third-order valence-electron chi connectivity index (χ3n) is 10.1. The molecule has 1 aromatic heterocycles. The van der Waals surface area contributed by atoms with E-state index >= 15 is 4.39 Å². The smallest absolute Gasteiger partial charge is 0.326 e. The Balaban J connectivity index is 1.59. The number of primary amides is 1. The lowest BCUT2D eigenvalue weighted by atomic mass is 9.84. The Labute approximate surface area is 372 Å². The zero-order valence-electron chi connectivity index (χ0n) is 35.9. The number of amides is 7. The predicted octanol–water partition coefficient (Wildman–Crippen LogP) is 1.26. The number of carboxylic acids is 2. The molecule has 0 spiro atoms. The van der Waals surface area contributed by atoms with Crippen molar-refractivity contribution in [3.8, 4) is 11.1 Å². The van der Waals surface area contributed by atoms with E-state index in [4.69, 9.17) is 10.8 Å². The maximum absolute atomic E-state index is 15.1. The molecule has 348 valence electrons. The lowest BCUT2D eigenvalue weighted by Crippen LogP contribution is -2.56. The summed E-state index contributed by atoms with van der Waals surface area (Å²) in [4.78, 5) is 112. The molecule has 0 unspecified atom stereocenters. The summed E-state index contributed by atoms with van der Waals surface area (Å²) in [7, 11) is 0. The fourth-order valence-corrected chi connectivity index (χ4v) is 6.92. The van der Waals surface area contributed by atoms with Crippen molar-refractivity contribution in [1.29, 1.82) is 0 Å². The van der Waals surface area contributed by atoms with E-state index in [1.165, 1.54) is 0 Å². The van der Waals surface area contributed by atoms with Crippen LogP contribution in [0.2, 0.25) is 0 Å². The number of halogens is 2. The molecule has 0 saturated carbocycles. The fraction of sp³-hybridized carbons (Fsp3) is 0.386. The topological polar surface area (TPSA) is 288 Å². The molecule has 0 saturated heterocycles. The van der Waals surface area contributed by atoms with Crippen molar-refractivity contribution in [1.82, 2.24) is 36.1 Å². The Morgan fingerprint density at radius 2 is 1.43 bits per heavy atom. The molecule has 9 N–H and O–H groups in total. The van der Waals surface area contributed by atoms with Crippen molar-refractivity contribution >= 4 is 53.3 Å². The fourth-order valence-electron chi connectivity index (χ4n) is 6.92. The van der Waals surface area contributed by atoms with Crippen molar-refractivity contribution in [3.63, 3.8) is 0 Å². The highest BCUT2D eigenvalue weighted by molar-refractivity contribution is 6.14. The van der Waals surface area contributed by atoms with Gasteiger partial charge in [0.2, 0.25) is 29.5 Å². The van der Waals surface area contributed by atoms with E-state index < -0.39 is 127 Å². The predicted molar refractivity (Wildman–Crippen MR) is 228 cm³/mol. The maximum Gasteiger partial charge on any atom is 0.326 e. The van der Waals surface area contributed by atoms with Crippen molar-refractivity contribution in [2.75, 3.05) is 19.6 Å². The highest BCUT2D eigenvalue weighted by Crippen LogP contribution is 2.37. The SMILES string of the molecule is CC(C)(C)[C@@H](NCC[C@H](NC(=O)[C@@H](CC(N)=O)NC(=O)CN1C(=O)C=CC1=O)C(=O)NCCC(=O)N[C@H](CCC(=O)O)C(=O)O)c1cc(-c2cc(F)ccc2F)cn1Cc1ccccc1. The second kappa shape index (κ2) is 22.9. The van der Waals surface area contributed by atoms with E-state index in [1.54, 1.807) is 12.3 Å². The van der Waals surface area contributed by atoms with Gasteiger partial charge in [-0.2, -0.15) is 0 Å². The first kappa shape index (κ1) is 50.4. The number of nitrogens with zero attached hydrogens (tertiary/aromatic N) is 2. The quantitative estimate of drug-likeness (QED) is 0.0590. The van der Waals surface area contributed by atoms with Crippen LogP contribution in [0.15, 0.2) is 72.9 Å². The summed E-state index contributed by atoms with van der Waals surface area (Å²) in [5.41, 5.74) is 6.79. The number of aromatic nitrogens is 1. The summed E-state index contributed by atoms with van der Waals surface area (Å²) in [6.07, 6.45) is 1.29. The Bertz CT molecular complexity index is 2290. The van der Waals surface area contributed by atoms with Crippen molar-refractivity contribution < 1.29 is 62.1 Å². The first-order chi connectivity index (χ1) is 30.6. The van der Waals surface area contributed by atoms with Crippen LogP contribution in [0.25, 0.3) is 11.1 Å². The summed E-state index contributed by atoms with van der Waals surface area (Å²) in [6, 6.07) is 9.07. The van der Waals surface area contributed by atoms with Crippen LogP contribution in [0.1, 0.15) is 70.2 Å². The average Bonchev–Trinajstić information content (AvgIpc) is 3.78. The van der Waals surface area contributed by atoms with Gasteiger partial charge in [-0.05, 0) is 54.6 Å². The number of rotatable bonds is 24. The Morgan fingerprint density at radius 3 is 2.05 bits per heavy atom. The summed E-state index contributed by atoms with van der Waals surface area (Å²) in [5.74, 6) is -10.3. The summed E-state index contributed by atoms with van der Waals surface area (Å²) in [5, 5.41) is 31.2. The molecule has 0 fully saturated rings. The Kier molecular flexibility index (Phi) is 17.7. The lowest BCUT2D eigenvalue weighted by molar-refractivity contribution is -0.143. The van der Waals surface area contributed by atoms with Crippen LogP contribution in [-0.2, 0) is 49.7 Å². The summed E-state index contributed by atoms with van der Waals surface area (Å²) in [6.45, 7) is 4.94. The molecule has 4 atom stereocenters. The maximum atomic E-state index is 15.1. The Hall–Kier alpha value is -7.29. The van der Waals surface area contributed by atoms with Gasteiger partial charge in [-0.15, -0.1) is 0 Å². The molecule has 4 rings (SSSR count). The van der Waals surface area contributed by atoms with E-state index in [0.717, 1.165) is 35.9 Å². The van der Waals surface area contributed by atoms with Crippen LogP contribution in [0.4, 0.5) is 8.78 Å². The zero-order chi connectivity index (χ0) is 48.0. The number of imide groups is 1. The van der Waals surface area contributed by atoms with Gasteiger partial charge in [0.1, 0.15) is 36.3 Å². The van der Waals surface area contributed by atoms with Gasteiger partial charge >= 0.3 is 11.9 Å². The molecule has 0 aliphatic carbocycles. The summed E-state index contributed by atoms with van der Waals surface area (Å²) >= 11 is 0. The molecule has 3 aromatic rings. The third-order valence-corrected chi connectivity index (χ3v) is 10.1. The van der Waals surface area contributed by atoms with Crippen LogP contribution in [0.3, 0.4) is 0 Å². The summed E-state index contributed by atoms with van der Waals surface area (Å²) < 4.78 is 31.4. The number of benzene rings is 2. The first-order valence-corrected chi connectivity index (χ1v) is 20.5. The van der Waals surface area contributed by atoms with Gasteiger partial charge in [0, 0.05) is 61.1 Å². The van der Waals surface area contributed by atoms with Crippen LogP contribution >= 0.6 is 0 Å². The number of carbonyl (C=O) groups is 9. The van der Waals surface area contributed by atoms with Gasteiger partial charge in [-0.1, -0.05) is 51.1 Å². The van der Waals surface area contributed by atoms with Gasteiger partial charge in [0.25, 0.3) is 11.8 Å². The van der Waals surface area contributed by atoms with Crippen molar-refractivity contribution in [2.24, 2.45) is 11.1 Å². The molecular weight excluding hydrogens is 855 g/mol. The van der Waals surface area contributed by atoms with Crippen LogP contribution < -0.4 is 32.3 Å². The van der Waals surface area contributed by atoms with Crippen LogP contribution in [0, 0.1) is 17.0 Å². The number of carbonyl (C=O) groups excluding carboxylic acids is 7. The molecule has 1 aliphatic heterocycles. The number of nitrogens with two attached hydrogens (primary N) is 1. The van der Waals surface area contributed by atoms with Gasteiger partial charge in [-0.3, -0.25) is 43.3 Å². The Morgan fingerprint density at radius 1 is 0.769 bits per heavy atom. The molecule has 65 heavy (non-hydrogen) atoms. The molecule has 2 aromatic carbocycles. The zero-order valence-corrected chi connectivity index (χ0v) is 35.9. The van der Waals surface area contributed by atoms with Gasteiger partial charge in [-0.25, -0.2) is 13.6 Å². The number of aliphatic carboxylic acids is 2. The second-order valence-electron chi connectivity index (χ2n) is 16.3. The van der Waals surface area contributed by atoms with Gasteiger partial charge < -0.3 is 47.1 Å². The highest BCUT2D eigenvalue weighted by atomic mass is 19.1. The van der Waals surface area contributed by atoms with Gasteiger partial charge in [0.15, 0.2) is 0 Å². The number of hydrogen-bond acceptors (Lipinski definition) is 10. The molecule has 21 heteroatoms. The second-order valence-corrected chi connectivity index (χ2v) is 16.3. The molecule has 2 heterocycles. The van der Waals surface area contributed by atoms with Crippen LogP contribution in [-0.4, -0.2) is 111 Å². The first-order valence-electron chi connectivity index (χ1n) is 20.5. The van der Waals surface area contributed by atoms with E-state index in [2.05, 4.69) is 26.6 Å². The molecule has 19 nitrogen and oxygen atoms in total. The highest BCUT2D eigenvalue weighted by Gasteiger charge is 2.33. The standard InChI is InChI=1S/C44H52F2N8O11/c1-44(2,3)40(33-19-26(28-20-27(45)9-10-29(28)46)23-53(33)22-25-7-5-4-6-8-25)48-17-15-30(41(62)49-18-16-35(56)50-31(43(64)65)11-14-39(60)61)52-42(63)32(21-34(47)55)51-36(57)24-54-37(58)12-13-38(54)59/h4-10,12-13,19-20,23,30-32,40,48H,11,14-18,21-22,24H2,1-3H3,(H2,47,55)(H,49,62)(H,50,56)(H,51,57)(H,52,63)(H,60,61)(H,64,65)/t30-,31+,32+,40-/m0/s1. The molecule has 1 aliphatic rings. The third kappa shape index (κ3) is 15.2. The minimum atomic E-state index is -1.68. The van der Waals surface area contributed by atoms with Crippen molar-refractivity contribution in [2.45, 2.75) is 83.6 Å². The lowest BCUT2D eigenvalue weighted by Gasteiger charge is -2.33. The average molecular weight is 907 g/mol. The monoisotopic (exact) mass is 906 g/mol. The van der Waals surface area contributed by atoms with Crippen molar-refractivity contribution in [3.05, 3.63) is 95.8 Å². The van der Waals surface area contributed by atoms with E-state index in [1.807, 2.05) is 55.7 Å². The van der Waals surface area contributed by atoms with E-state index in [9.17, 15) is 52.6 Å². The van der Waals surface area contributed by atoms with E-state index in [0.29, 0.717) is 22.7 Å². The number of hydrogen-bond donors (Lipinski definition) is 8. The van der Waals surface area contributed by atoms with E-state index in [-0.39, 0.29) is 25.1 Å².